The van der Waals surface area contributed by atoms with Gasteiger partial charge in [-0.1, -0.05) is 13.8 Å². The van der Waals surface area contributed by atoms with E-state index >= 15 is 0 Å². The van der Waals surface area contributed by atoms with Crippen LogP contribution in [0.15, 0.2) is 6.07 Å². The molecule has 0 spiro atoms. The summed E-state index contributed by atoms with van der Waals surface area (Å²) in [5, 5.41) is 38.1. The minimum atomic E-state index is -1.00. The third kappa shape index (κ3) is 4.84. The van der Waals surface area contributed by atoms with Gasteiger partial charge in [-0.3, -0.25) is 4.98 Å². The van der Waals surface area contributed by atoms with E-state index in [4.69, 9.17) is 19.9 Å². The van der Waals surface area contributed by atoms with Crippen molar-refractivity contribution in [1.29, 1.82) is 0 Å². The number of hydrogen-bond acceptors (Lipinski definition) is 10. The van der Waals surface area contributed by atoms with E-state index in [-0.39, 0.29) is 12.5 Å². The summed E-state index contributed by atoms with van der Waals surface area (Å²) in [5.74, 6) is 1.41. The maximum atomic E-state index is 10.6. The average Bonchev–Trinajstić information content (AvgIpc) is 3.53. The quantitative estimate of drug-likeness (QED) is 0.302. The highest BCUT2D eigenvalue weighted by atomic mass is 32.1. The van der Waals surface area contributed by atoms with Crippen LogP contribution in [0.2, 0.25) is 0 Å². The first-order valence-electron chi connectivity index (χ1n) is 12.6. The van der Waals surface area contributed by atoms with E-state index in [1.165, 1.54) is 12.8 Å². The minimum Gasteiger partial charge on any atom is -0.396 e. The summed E-state index contributed by atoms with van der Waals surface area (Å²) < 4.78 is 1.08. The van der Waals surface area contributed by atoms with Gasteiger partial charge in [-0.2, -0.15) is 4.98 Å². The molecule has 0 unspecified atom stereocenters. The molecule has 5 rings (SSSR count). The van der Waals surface area contributed by atoms with E-state index in [0.717, 1.165) is 57.3 Å². The number of hydrogen-bond donors (Lipinski definition) is 5. The SMILES string of the molecule is CCc1cc2sc(-c3c(C)nc(NCC4CC4)nc3N[C@@H]3C[C@H](CO)[C@@H](O)[C@H]3O)nc2c(CC)n1. The van der Waals surface area contributed by atoms with Crippen molar-refractivity contribution < 1.29 is 15.3 Å². The smallest absolute Gasteiger partial charge is 0.224 e. The van der Waals surface area contributed by atoms with Gasteiger partial charge in [-0.05, 0) is 51.0 Å². The molecule has 3 aromatic rings. The second kappa shape index (κ2) is 9.93. The van der Waals surface area contributed by atoms with Gasteiger partial charge in [0.15, 0.2) is 0 Å². The van der Waals surface area contributed by atoms with E-state index in [1.54, 1.807) is 11.3 Å². The molecule has 3 aromatic heterocycles. The number of nitrogens with one attached hydrogen (secondary N) is 2. The monoisotopic (exact) mass is 498 g/mol. The molecular formula is C25H34N6O3S. The van der Waals surface area contributed by atoms with Crippen LogP contribution in [0.4, 0.5) is 11.8 Å². The summed E-state index contributed by atoms with van der Waals surface area (Å²) in [7, 11) is 0. The second-order valence-electron chi connectivity index (χ2n) is 9.72. The molecule has 2 aliphatic rings. The first kappa shape index (κ1) is 24.3. The molecule has 2 fully saturated rings. The highest BCUT2D eigenvalue weighted by Gasteiger charge is 2.41. The Hall–Kier alpha value is -2.40. The van der Waals surface area contributed by atoms with Crippen molar-refractivity contribution in [2.24, 2.45) is 11.8 Å². The number of fused-ring (bicyclic) bond motifs is 1. The molecule has 35 heavy (non-hydrogen) atoms. The number of nitrogens with zero attached hydrogens (tertiary/aromatic N) is 4. The fraction of sp³-hybridized carbons (Fsp3) is 0.600. The Morgan fingerprint density at radius 3 is 2.51 bits per heavy atom. The van der Waals surface area contributed by atoms with Crippen LogP contribution in [0, 0.1) is 18.8 Å². The Balaban J connectivity index is 1.56. The highest BCUT2D eigenvalue weighted by Crippen LogP contribution is 2.39. The summed E-state index contributed by atoms with van der Waals surface area (Å²) in [6.45, 7) is 6.80. The third-order valence-corrected chi connectivity index (χ3v) is 8.13. The zero-order chi connectivity index (χ0) is 24.7. The van der Waals surface area contributed by atoms with Gasteiger partial charge in [-0.25, -0.2) is 9.97 Å². The minimum absolute atomic E-state index is 0.176. The number of thiazole rings is 1. The van der Waals surface area contributed by atoms with E-state index in [9.17, 15) is 15.3 Å². The molecular weight excluding hydrogens is 464 g/mol. The van der Waals surface area contributed by atoms with E-state index in [0.29, 0.717) is 24.1 Å². The molecule has 5 N–H and O–H groups in total. The van der Waals surface area contributed by atoms with Crippen LogP contribution in [0.25, 0.3) is 20.8 Å². The van der Waals surface area contributed by atoms with Crippen molar-refractivity contribution in [2.75, 3.05) is 23.8 Å². The number of aryl methyl sites for hydroxylation is 3. The summed E-state index contributed by atoms with van der Waals surface area (Å²) in [6, 6.07) is 1.66. The summed E-state index contributed by atoms with van der Waals surface area (Å²) in [4.78, 5) is 19.3. The topological polar surface area (TPSA) is 136 Å². The van der Waals surface area contributed by atoms with Crippen LogP contribution in [0.3, 0.4) is 0 Å². The van der Waals surface area contributed by atoms with Gasteiger partial charge in [0.1, 0.15) is 22.4 Å². The Morgan fingerprint density at radius 1 is 1.06 bits per heavy atom. The van der Waals surface area contributed by atoms with E-state index < -0.39 is 18.2 Å². The molecule has 3 heterocycles. The number of aliphatic hydroxyl groups is 3. The number of anilines is 2. The zero-order valence-electron chi connectivity index (χ0n) is 20.5. The Morgan fingerprint density at radius 2 is 1.86 bits per heavy atom. The number of rotatable bonds is 9. The first-order chi connectivity index (χ1) is 16.9. The number of aromatic nitrogens is 4. The van der Waals surface area contributed by atoms with Crippen LogP contribution in [0.5, 0.6) is 0 Å². The fourth-order valence-corrected chi connectivity index (χ4v) is 5.92. The first-order valence-corrected chi connectivity index (χ1v) is 13.4. The molecule has 0 radical (unpaired) electrons. The average molecular weight is 499 g/mol. The Kier molecular flexibility index (Phi) is 6.89. The van der Waals surface area contributed by atoms with Gasteiger partial charge in [0, 0.05) is 24.8 Å². The number of aliphatic hydroxyl groups excluding tert-OH is 3. The standard InChI is InChI=1S/C25H34N6O3S/c1-4-15-9-18-20(16(5-2)28-15)30-24(35-18)19-12(3)27-25(26-10-13-6-7-13)31-23(19)29-17-8-14(11-32)21(33)22(17)34/h9,13-14,17,21-22,32-34H,4-8,10-11H2,1-3H3,(H2,26,27,29,31)/t14-,17-,21-,22+/m1/s1. The van der Waals surface area contributed by atoms with Crippen molar-refractivity contribution in [2.45, 2.75) is 71.1 Å². The van der Waals surface area contributed by atoms with Crippen molar-refractivity contribution in [3.05, 3.63) is 23.1 Å². The van der Waals surface area contributed by atoms with Crippen LogP contribution in [-0.2, 0) is 12.8 Å². The van der Waals surface area contributed by atoms with Gasteiger partial charge in [0.25, 0.3) is 0 Å². The molecule has 0 aliphatic heterocycles. The van der Waals surface area contributed by atoms with Crippen LogP contribution in [0.1, 0.15) is 50.2 Å². The largest absolute Gasteiger partial charge is 0.396 e. The predicted octanol–water partition coefficient (Wildman–Crippen LogP) is 2.92. The molecule has 2 saturated carbocycles. The fourth-order valence-electron chi connectivity index (χ4n) is 4.78. The Labute approximate surface area is 209 Å². The van der Waals surface area contributed by atoms with Crippen molar-refractivity contribution in [3.8, 4) is 10.6 Å². The molecule has 2 aliphatic carbocycles. The van der Waals surface area contributed by atoms with Gasteiger partial charge >= 0.3 is 0 Å². The van der Waals surface area contributed by atoms with Crippen molar-refractivity contribution in [3.63, 3.8) is 0 Å². The molecule has 10 heteroatoms. The van der Waals surface area contributed by atoms with Crippen LogP contribution in [-0.4, -0.2) is 66.7 Å². The van der Waals surface area contributed by atoms with Crippen LogP contribution >= 0.6 is 11.3 Å². The normalized spacial score (nSPS) is 24.3. The summed E-state index contributed by atoms with van der Waals surface area (Å²) in [6.07, 6.45) is 2.57. The van der Waals surface area contributed by atoms with Gasteiger partial charge in [-0.15, -0.1) is 11.3 Å². The van der Waals surface area contributed by atoms with Gasteiger partial charge in [0.2, 0.25) is 5.95 Å². The van der Waals surface area contributed by atoms with Gasteiger partial charge in [0.05, 0.1) is 33.8 Å². The third-order valence-electron chi connectivity index (χ3n) is 7.11. The predicted molar refractivity (Wildman–Crippen MR) is 138 cm³/mol. The molecule has 0 bridgehead atoms. The summed E-state index contributed by atoms with van der Waals surface area (Å²) >= 11 is 1.59. The molecule has 9 nitrogen and oxygen atoms in total. The lowest BCUT2D eigenvalue weighted by molar-refractivity contribution is 0.00446. The lowest BCUT2D eigenvalue weighted by atomic mass is 10.1. The van der Waals surface area contributed by atoms with Crippen LogP contribution < -0.4 is 10.6 Å². The molecule has 188 valence electrons. The molecule has 0 saturated heterocycles. The van der Waals surface area contributed by atoms with E-state index in [2.05, 4.69) is 30.5 Å². The van der Waals surface area contributed by atoms with E-state index in [1.807, 2.05) is 6.92 Å². The Bertz CT molecular complexity index is 1210. The number of pyridine rings is 1. The summed E-state index contributed by atoms with van der Waals surface area (Å²) in [5.41, 5.74) is 4.51. The maximum absolute atomic E-state index is 10.6. The van der Waals surface area contributed by atoms with Crippen molar-refractivity contribution >= 4 is 33.3 Å². The maximum Gasteiger partial charge on any atom is 0.224 e. The van der Waals surface area contributed by atoms with Gasteiger partial charge < -0.3 is 26.0 Å². The zero-order valence-corrected chi connectivity index (χ0v) is 21.3. The molecule has 0 amide bonds. The lowest BCUT2D eigenvalue weighted by Gasteiger charge is -2.21. The second-order valence-corrected chi connectivity index (χ2v) is 10.8. The molecule has 4 atom stereocenters. The molecule has 0 aromatic carbocycles. The van der Waals surface area contributed by atoms with Crippen molar-refractivity contribution in [1.82, 2.24) is 19.9 Å². The lowest BCUT2D eigenvalue weighted by Crippen LogP contribution is -2.35. The highest BCUT2D eigenvalue weighted by molar-refractivity contribution is 7.21.